The summed E-state index contributed by atoms with van der Waals surface area (Å²) in [6, 6.07) is -0.669. The number of carboxylic acids is 1. The van der Waals surface area contributed by atoms with Crippen LogP contribution in [-0.2, 0) is 4.79 Å². The summed E-state index contributed by atoms with van der Waals surface area (Å²) in [7, 11) is 0. The predicted molar refractivity (Wildman–Crippen MR) is 41.1 cm³/mol. The molecule has 0 aromatic rings. The molecule has 0 spiro atoms. The van der Waals surface area contributed by atoms with Crippen LogP contribution < -0.4 is 5.73 Å². The first-order chi connectivity index (χ1) is 5.00. The van der Waals surface area contributed by atoms with Gasteiger partial charge in [0.15, 0.2) is 6.10 Å². The van der Waals surface area contributed by atoms with E-state index in [2.05, 4.69) is 0 Å². The first-order valence-electron chi connectivity index (χ1n) is 3.67. The lowest BCUT2D eigenvalue weighted by Gasteiger charge is -2.20. The number of aliphatic hydroxyl groups is 1. The van der Waals surface area contributed by atoms with Gasteiger partial charge in [0.2, 0.25) is 0 Å². The standard InChI is InChI=1S/C7H15NO3/c1-3-4(2)5(8)6(9)7(10)11/h4-6,9H,3,8H2,1-2H3,(H,10,11)/t4-,5+,6-/m0/s1. The van der Waals surface area contributed by atoms with E-state index in [0.717, 1.165) is 6.42 Å². The Bertz CT molecular complexity index is 138. The van der Waals surface area contributed by atoms with Gasteiger partial charge in [-0.3, -0.25) is 0 Å². The molecule has 11 heavy (non-hydrogen) atoms. The lowest BCUT2D eigenvalue weighted by atomic mass is 9.95. The van der Waals surface area contributed by atoms with Crippen LogP contribution in [0.2, 0.25) is 0 Å². The van der Waals surface area contributed by atoms with Crippen molar-refractivity contribution in [2.45, 2.75) is 32.4 Å². The maximum absolute atomic E-state index is 10.2. The highest BCUT2D eigenvalue weighted by Gasteiger charge is 2.25. The molecule has 4 N–H and O–H groups in total. The molecule has 0 amide bonds. The molecule has 0 bridgehead atoms. The predicted octanol–water partition coefficient (Wildman–Crippen LogP) is -0.195. The average molecular weight is 161 g/mol. The van der Waals surface area contributed by atoms with Gasteiger partial charge < -0.3 is 15.9 Å². The van der Waals surface area contributed by atoms with Gasteiger partial charge in [-0.1, -0.05) is 20.3 Å². The molecular weight excluding hydrogens is 146 g/mol. The van der Waals surface area contributed by atoms with Gasteiger partial charge in [-0.25, -0.2) is 4.79 Å². The molecular formula is C7H15NO3. The van der Waals surface area contributed by atoms with Crippen LogP contribution >= 0.6 is 0 Å². The highest BCUT2D eigenvalue weighted by molar-refractivity contribution is 5.72. The SMILES string of the molecule is CC[C@H](C)[C@@H](N)[C@H](O)C(=O)O. The number of nitrogens with two attached hydrogens (primary N) is 1. The number of carboxylic acid groups (broad SMARTS) is 1. The summed E-state index contributed by atoms with van der Waals surface area (Å²) < 4.78 is 0. The number of carbonyl (C=O) groups is 1. The van der Waals surface area contributed by atoms with Crippen molar-refractivity contribution in [3.63, 3.8) is 0 Å². The molecule has 0 aromatic heterocycles. The summed E-state index contributed by atoms with van der Waals surface area (Å²) in [4.78, 5) is 10.2. The van der Waals surface area contributed by atoms with Crippen LogP contribution in [0, 0.1) is 5.92 Å². The second kappa shape index (κ2) is 4.31. The smallest absolute Gasteiger partial charge is 0.334 e. The fourth-order valence-electron chi connectivity index (χ4n) is 0.748. The van der Waals surface area contributed by atoms with E-state index in [1.165, 1.54) is 0 Å². The fourth-order valence-corrected chi connectivity index (χ4v) is 0.748. The second-order valence-electron chi connectivity index (χ2n) is 2.75. The summed E-state index contributed by atoms with van der Waals surface area (Å²) in [6.07, 6.45) is -0.671. The number of aliphatic hydroxyl groups excluding tert-OH is 1. The van der Waals surface area contributed by atoms with Crippen LogP contribution in [0.15, 0.2) is 0 Å². The zero-order valence-corrected chi connectivity index (χ0v) is 6.82. The summed E-state index contributed by atoms with van der Waals surface area (Å²) in [5.74, 6) is -1.22. The largest absolute Gasteiger partial charge is 0.479 e. The van der Waals surface area contributed by atoms with Gasteiger partial charge in [0.1, 0.15) is 0 Å². The molecule has 3 atom stereocenters. The number of rotatable bonds is 4. The van der Waals surface area contributed by atoms with Gasteiger partial charge in [0, 0.05) is 6.04 Å². The Morgan fingerprint density at radius 3 is 2.36 bits per heavy atom. The summed E-state index contributed by atoms with van der Waals surface area (Å²) in [6.45, 7) is 3.72. The van der Waals surface area contributed by atoms with Gasteiger partial charge in [-0.05, 0) is 5.92 Å². The minimum atomic E-state index is -1.44. The van der Waals surface area contributed by atoms with Crippen molar-refractivity contribution in [2.24, 2.45) is 11.7 Å². The molecule has 0 saturated heterocycles. The van der Waals surface area contributed by atoms with Crippen molar-refractivity contribution in [2.75, 3.05) is 0 Å². The molecule has 0 radical (unpaired) electrons. The molecule has 0 saturated carbocycles. The maximum atomic E-state index is 10.2. The van der Waals surface area contributed by atoms with E-state index in [9.17, 15) is 4.79 Å². The lowest BCUT2D eigenvalue weighted by molar-refractivity contribution is -0.148. The van der Waals surface area contributed by atoms with Crippen LogP contribution in [0.5, 0.6) is 0 Å². The van der Waals surface area contributed by atoms with E-state index >= 15 is 0 Å². The van der Waals surface area contributed by atoms with Crippen molar-refractivity contribution in [3.8, 4) is 0 Å². The number of aliphatic carboxylic acids is 1. The van der Waals surface area contributed by atoms with E-state index < -0.39 is 18.1 Å². The third-order valence-electron chi connectivity index (χ3n) is 1.92. The quantitative estimate of drug-likeness (QED) is 0.533. The van der Waals surface area contributed by atoms with E-state index in [1.54, 1.807) is 0 Å². The molecule has 66 valence electrons. The van der Waals surface area contributed by atoms with E-state index in [1.807, 2.05) is 13.8 Å². The molecule has 0 rings (SSSR count). The van der Waals surface area contributed by atoms with Crippen LogP contribution in [0.3, 0.4) is 0 Å². The Morgan fingerprint density at radius 1 is 1.64 bits per heavy atom. The topological polar surface area (TPSA) is 83.5 Å². The van der Waals surface area contributed by atoms with Crippen LogP contribution in [0.25, 0.3) is 0 Å². The van der Waals surface area contributed by atoms with Gasteiger partial charge in [-0.2, -0.15) is 0 Å². The highest BCUT2D eigenvalue weighted by atomic mass is 16.4. The fraction of sp³-hybridized carbons (Fsp3) is 0.857. The zero-order valence-electron chi connectivity index (χ0n) is 6.82. The second-order valence-corrected chi connectivity index (χ2v) is 2.75. The normalized spacial score (nSPS) is 18.9. The summed E-state index contributed by atoms with van der Waals surface area (Å²) in [5, 5.41) is 17.3. The summed E-state index contributed by atoms with van der Waals surface area (Å²) >= 11 is 0. The first-order valence-corrected chi connectivity index (χ1v) is 3.67. The van der Waals surface area contributed by atoms with Crippen molar-refractivity contribution >= 4 is 5.97 Å². The van der Waals surface area contributed by atoms with Crippen LogP contribution in [0.4, 0.5) is 0 Å². The van der Waals surface area contributed by atoms with Crippen molar-refractivity contribution in [3.05, 3.63) is 0 Å². The van der Waals surface area contributed by atoms with E-state index in [4.69, 9.17) is 15.9 Å². The summed E-state index contributed by atoms with van der Waals surface area (Å²) in [5.41, 5.74) is 5.44. The van der Waals surface area contributed by atoms with Crippen LogP contribution in [-0.4, -0.2) is 28.3 Å². The van der Waals surface area contributed by atoms with Gasteiger partial charge >= 0.3 is 5.97 Å². The Kier molecular flexibility index (Phi) is 4.07. The van der Waals surface area contributed by atoms with Crippen molar-refractivity contribution in [1.29, 1.82) is 0 Å². The van der Waals surface area contributed by atoms with Gasteiger partial charge in [-0.15, -0.1) is 0 Å². The molecule has 0 aliphatic carbocycles. The number of hydrogen-bond acceptors (Lipinski definition) is 3. The number of hydrogen-bond donors (Lipinski definition) is 3. The first kappa shape index (κ1) is 10.4. The van der Waals surface area contributed by atoms with Crippen molar-refractivity contribution in [1.82, 2.24) is 0 Å². The third kappa shape index (κ3) is 2.86. The average Bonchev–Trinajstić information content (AvgIpc) is 2.00. The molecule has 0 fully saturated rings. The Hall–Kier alpha value is -0.610. The Balaban J connectivity index is 4.00. The van der Waals surface area contributed by atoms with E-state index in [-0.39, 0.29) is 5.92 Å². The highest BCUT2D eigenvalue weighted by Crippen LogP contribution is 2.08. The monoisotopic (exact) mass is 161 g/mol. The molecule has 0 heterocycles. The van der Waals surface area contributed by atoms with Gasteiger partial charge in [0.25, 0.3) is 0 Å². The minimum Gasteiger partial charge on any atom is -0.479 e. The molecule has 4 nitrogen and oxygen atoms in total. The maximum Gasteiger partial charge on any atom is 0.334 e. The Labute approximate surface area is 66.0 Å². The van der Waals surface area contributed by atoms with Crippen molar-refractivity contribution < 1.29 is 15.0 Å². The third-order valence-corrected chi connectivity index (χ3v) is 1.92. The lowest BCUT2D eigenvalue weighted by Crippen LogP contribution is -2.44. The van der Waals surface area contributed by atoms with Gasteiger partial charge in [0.05, 0.1) is 0 Å². The molecule has 0 aliphatic heterocycles. The molecule has 0 aromatic carbocycles. The Morgan fingerprint density at radius 2 is 2.09 bits per heavy atom. The van der Waals surface area contributed by atoms with Crippen LogP contribution in [0.1, 0.15) is 20.3 Å². The zero-order chi connectivity index (χ0) is 9.02. The molecule has 0 aliphatic rings. The molecule has 0 unspecified atom stereocenters. The molecule has 4 heteroatoms. The van der Waals surface area contributed by atoms with E-state index in [0.29, 0.717) is 0 Å². The minimum absolute atomic E-state index is 0.0288.